The summed E-state index contributed by atoms with van der Waals surface area (Å²) in [4.78, 5) is 46.5. The number of nitrogens with zero attached hydrogens (tertiary/aromatic N) is 1. The first-order chi connectivity index (χ1) is 25.4. The number of ether oxygens (including phenoxy) is 5. The lowest BCUT2D eigenvalue weighted by Gasteiger charge is -2.50. The number of aliphatic hydroxyl groups excluding tert-OH is 1. The minimum atomic E-state index is -1.76. The Kier molecular flexibility index (Phi) is 13.0. The molecule has 1 aromatic heterocycles. The molecule has 0 spiro atoms. The zero-order valence-corrected chi connectivity index (χ0v) is 33.4. The van der Waals surface area contributed by atoms with E-state index in [1.54, 1.807) is 13.8 Å². The number of ketones is 1. The zero-order valence-electron chi connectivity index (χ0n) is 33.4. The van der Waals surface area contributed by atoms with E-state index in [1.807, 2.05) is 89.3 Å². The highest BCUT2D eigenvalue weighted by Gasteiger charge is 2.55. The highest BCUT2D eigenvalue weighted by molar-refractivity contribution is 6.00. The molecule has 54 heavy (non-hydrogen) atoms. The van der Waals surface area contributed by atoms with Gasteiger partial charge in [0.05, 0.1) is 24.4 Å². The van der Waals surface area contributed by atoms with Crippen LogP contribution >= 0.6 is 0 Å². The van der Waals surface area contributed by atoms with E-state index in [9.17, 15) is 24.6 Å². The monoisotopic (exact) mass is 755 g/mol. The minimum Gasteiger partial charge on any atom is -0.459 e. The average molecular weight is 756 g/mol. The number of esters is 1. The molecule has 2 aromatic rings. The number of cyclic esters (lactones) is 1. The van der Waals surface area contributed by atoms with Crippen LogP contribution in [0.25, 0.3) is 17.0 Å². The summed E-state index contributed by atoms with van der Waals surface area (Å²) in [7, 11) is 3.77. The maximum Gasteiger partial charge on any atom is 0.407 e. The summed E-state index contributed by atoms with van der Waals surface area (Å²) in [6, 6.07) is 7.19. The van der Waals surface area contributed by atoms with E-state index in [-0.39, 0.29) is 37.5 Å². The molecule has 3 saturated heterocycles. The van der Waals surface area contributed by atoms with Crippen LogP contribution in [0.4, 0.5) is 4.79 Å². The number of H-pyrrole nitrogens is 1. The zero-order chi connectivity index (χ0) is 39.7. The number of para-hydroxylation sites is 1. The summed E-state index contributed by atoms with van der Waals surface area (Å²) in [6.07, 6.45) is 0.591. The summed E-state index contributed by atoms with van der Waals surface area (Å²) < 4.78 is 31.4. The van der Waals surface area contributed by atoms with Gasteiger partial charge >= 0.3 is 12.1 Å². The van der Waals surface area contributed by atoms with E-state index in [0.717, 1.165) is 16.5 Å². The van der Waals surface area contributed by atoms with Gasteiger partial charge in [-0.2, -0.15) is 0 Å². The van der Waals surface area contributed by atoms with Gasteiger partial charge in [0, 0.05) is 41.0 Å². The fourth-order valence-corrected chi connectivity index (χ4v) is 8.98. The Morgan fingerprint density at radius 3 is 2.44 bits per heavy atom. The number of aliphatic hydroxyl groups is 2. The van der Waals surface area contributed by atoms with Crippen molar-refractivity contribution >= 4 is 34.8 Å². The second-order valence-electron chi connectivity index (χ2n) is 16.5. The van der Waals surface area contributed by atoms with Crippen molar-refractivity contribution in [1.82, 2.24) is 15.2 Å². The molecule has 300 valence electrons. The molecule has 4 heterocycles. The fraction of sp³-hybridized carbons (Fsp3) is 0.683. The molecule has 4 N–H and O–H groups in total. The Labute approximate surface area is 319 Å². The Morgan fingerprint density at radius 1 is 1.06 bits per heavy atom. The van der Waals surface area contributed by atoms with E-state index < -0.39 is 83.5 Å². The van der Waals surface area contributed by atoms with Crippen LogP contribution in [-0.2, 0) is 33.3 Å². The normalized spacial score (nSPS) is 40.0. The Balaban J connectivity index is 1.58. The molecule has 13 nitrogen and oxygen atoms in total. The Bertz CT molecular complexity index is 1660. The van der Waals surface area contributed by atoms with Crippen molar-refractivity contribution in [1.29, 1.82) is 0 Å². The Morgan fingerprint density at radius 2 is 1.76 bits per heavy atom. The largest absolute Gasteiger partial charge is 0.459 e. The van der Waals surface area contributed by atoms with E-state index in [4.69, 9.17) is 23.7 Å². The van der Waals surface area contributed by atoms with Crippen molar-refractivity contribution in [2.24, 2.45) is 23.7 Å². The molecule has 3 aliphatic rings. The smallest absolute Gasteiger partial charge is 0.407 e. The summed E-state index contributed by atoms with van der Waals surface area (Å²) in [5.74, 6) is -4.20. The number of hydrogen-bond donors (Lipinski definition) is 4. The first-order valence-electron chi connectivity index (χ1n) is 19.3. The number of benzene rings is 1. The number of aromatic nitrogens is 1. The van der Waals surface area contributed by atoms with Crippen LogP contribution in [0.1, 0.15) is 80.2 Å². The van der Waals surface area contributed by atoms with E-state index in [0.29, 0.717) is 6.42 Å². The molecule has 5 rings (SSSR count). The molecule has 1 aromatic carbocycles. The first kappa shape index (κ1) is 41.8. The molecule has 14 atom stereocenters. The number of carbonyl (C=O) groups excluding carboxylic acids is 3. The van der Waals surface area contributed by atoms with Crippen LogP contribution < -0.4 is 5.32 Å². The number of fused-ring (bicyclic) bond motifs is 3. The third-order valence-corrected chi connectivity index (χ3v) is 12.0. The molecule has 3 fully saturated rings. The summed E-state index contributed by atoms with van der Waals surface area (Å²) in [6.45, 7) is 14.2. The quantitative estimate of drug-likeness (QED) is 0.215. The molecule has 3 aliphatic heterocycles. The average Bonchev–Trinajstić information content (AvgIpc) is 3.54. The molecular weight excluding hydrogens is 694 g/mol. The number of likely N-dealkylation sites (N-methyl/N-ethyl adjacent to an activating group) is 1. The van der Waals surface area contributed by atoms with Crippen LogP contribution in [0.3, 0.4) is 0 Å². The number of amides is 1. The lowest BCUT2D eigenvalue weighted by Crippen LogP contribution is -2.65. The first-order valence-corrected chi connectivity index (χ1v) is 19.3. The molecule has 1 unspecified atom stereocenters. The summed E-state index contributed by atoms with van der Waals surface area (Å²) in [5, 5.41) is 27.5. The maximum atomic E-state index is 14.4. The summed E-state index contributed by atoms with van der Waals surface area (Å²) in [5.41, 5.74) is -1.03. The van der Waals surface area contributed by atoms with Crippen molar-refractivity contribution in [3.8, 4) is 0 Å². The highest BCUT2D eigenvalue weighted by Crippen LogP contribution is 2.41. The fourth-order valence-electron chi connectivity index (χ4n) is 8.98. The van der Waals surface area contributed by atoms with Crippen LogP contribution in [0.15, 0.2) is 36.5 Å². The van der Waals surface area contributed by atoms with Gasteiger partial charge in [-0.1, -0.05) is 58.0 Å². The molecule has 13 heteroatoms. The van der Waals surface area contributed by atoms with Crippen molar-refractivity contribution in [3.05, 3.63) is 42.1 Å². The highest BCUT2D eigenvalue weighted by atomic mass is 16.7. The van der Waals surface area contributed by atoms with Gasteiger partial charge in [-0.3, -0.25) is 9.59 Å². The minimum absolute atomic E-state index is 0.122. The van der Waals surface area contributed by atoms with E-state index >= 15 is 0 Å². The summed E-state index contributed by atoms with van der Waals surface area (Å²) >= 11 is 0. The van der Waals surface area contributed by atoms with Gasteiger partial charge in [0.15, 0.2) is 12.1 Å². The van der Waals surface area contributed by atoms with Crippen LogP contribution in [-0.4, -0.2) is 119 Å². The SMILES string of the molecule is CC[C@H]1OC(=O)[C@H](C)C(=O)[C@H](C)[C@@H](O[C@@H]2O[C@H](C)C[C@H](N(C)C)[C@H]2O)[C@@](C)(OC/C=C/c2c[nH]c3ccccc23)C[C@@H](C)C2NC(=O)O[C@H]([C@H]2C)[C@]1(C)O. The van der Waals surface area contributed by atoms with E-state index in [1.165, 1.54) is 13.8 Å². The van der Waals surface area contributed by atoms with Gasteiger partial charge in [0.2, 0.25) is 0 Å². The topological polar surface area (TPSA) is 169 Å². The van der Waals surface area contributed by atoms with Gasteiger partial charge in [0.25, 0.3) is 0 Å². The van der Waals surface area contributed by atoms with Gasteiger partial charge in [-0.15, -0.1) is 0 Å². The molecule has 0 aliphatic carbocycles. The second kappa shape index (κ2) is 16.8. The van der Waals surface area contributed by atoms with Crippen molar-refractivity contribution < 1.29 is 48.3 Å². The lowest BCUT2D eigenvalue weighted by molar-refractivity contribution is -0.297. The molecule has 0 saturated carbocycles. The van der Waals surface area contributed by atoms with Gasteiger partial charge in [-0.25, -0.2) is 4.79 Å². The number of Topliss-reactive ketones (excluding diaryl/α,β-unsaturated/α-hetero) is 1. The third-order valence-electron chi connectivity index (χ3n) is 12.0. The predicted molar refractivity (Wildman–Crippen MR) is 203 cm³/mol. The van der Waals surface area contributed by atoms with Crippen LogP contribution in [0.2, 0.25) is 0 Å². The third kappa shape index (κ3) is 8.56. The maximum absolute atomic E-state index is 14.4. The lowest BCUT2D eigenvalue weighted by atomic mass is 9.72. The van der Waals surface area contributed by atoms with Crippen LogP contribution in [0, 0.1) is 23.7 Å². The number of carbonyl (C=O) groups is 3. The standard InChI is InChI=1S/C41H61N3O10/c1-11-31-41(8,49)36-24(4)32(43-39(48)54-36)22(2)20-40(7,50-18-14-15-27-21-42-29-17-13-12-16-28(27)29)35(25(5)33(45)26(6)37(47)52-31)53-38-34(46)30(44(9)10)19-23(3)51-38/h12-17,21-26,30-32,34-36,38,42,46,49H,11,18-20H2,1-10H3,(H,43,48)/b15-14+/t22-,23-,24+,25+,26-,30+,31-,32?,34-,35-,36-,38+,40+,41-/m1/s1. The second-order valence-corrected chi connectivity index (χ2v) is 16.5. The molecular formula is C41H61N3O10. The number of alkyl carbamates (subject to hydrolysis) is 1. The number of nitrogens with one attached hydrogen (secondary N) is 2. The number of hydrogen-bond acceptors (Lipinski definition) is 11. The van der Waals surface area contributed by atoms with Crippen molar-refractivity contribution in [3.63, 3.8) is 0 Å². The van der Waals surface area contributed by atoms with Crippen LogP contribution in [0.5, 0.6) is 0 Å². The van der Waals surface area contributed by atoms with Gasteiger partial charge in [0.1, 0.15) is 29.8 Å². The molecule has 2 bridgehead atoms. The van der Waals surface area contributed by atoms with Gasteiger partial charge in [-0.05, 0) is 78.6 Å². The molecule has 0 radical (unpaired) electrons. The van der Waals surface area contributed by atoms with Crippen molar-refractivity contribution in [2.45, 2.75) is 135 Å². The molecule has 1 amide bonds. The number of aromatic amines is 1. The Hall–Kier alpha value is -3.33. The van der Waals surface area contributed by atoms with Gasteiger partial charge < -0.3 is 49.1 Å². The van der Waals surface area contributed by atoms with E-state index in [2.05, 4.69) is 10.3 Å². The number of rotatable bonds is 8. The van der Waals surface area contributed by atoms with Crippen molar-refractivity contribution in [2.75, 3.05) is 20.7 Å². The predicted octanol–water partition coefficient (Wildman–Crippen LogP) is 4.83.